The molecule has 0 aliphatic rings. The van der Waals surface area contributed by atoms with Crippen LogP contribution in [0.1, 0.15) is 23.1 Å². The third kappa shape index (κ3) is 7.76. The van der Waals surface area contributed by atoms with E-state index in [1.54, 1.807) is 23.7 Å². The molecule has 1 N–H and O–H groups in total. The molecule has 2 amide bonds. The Hall–Kier alpha value is -2.57. The Kier molecular flexibility index (Phi) is 9.58. The highest BCUT2D eigenvalue weighted by Gasteiger charge is 2.29. The van der Waals surface area contributed by atoms with E-state index in [4.69, 9.17) is 0 Å². The second kappa shape index (κ2) is 12.6. The number of nitrogens with one attached hydrogen (secondary N) is 1. The highest BCUT2D eigenvalue weighted by Crippen LogP contribution is 2.22. The zero-order valence-electron chi connectivity index (χ0n) is 19.0. The predicted octanol–water partition coefficient (Wildman–Crippen LogP) is 5.63. The van der Waals surface area contributed by atoms with Crippen molar-refractivity contribution in [3.8, 4) is 0 Å². The SMILES string of the molecule is CNC(=O)[C@H](Cc1ccccc1)N(Cc1ccc(Br)cc1)C(=O)CCSc1ccc(C)cc1. The molecule has 0 saturated carbocycles. The summed E-state index contributed by atoms with van der Waals surface area (Å²) in [5.74, 6) is 0.474. The molecule has 0 radical (unpaired) electrons. The van der Waals surface area contributed by atoms with E-state index in [1.165, 1.54) is 5.56 Å². The number of carbonyl (C=O) groups excluding carboxylic acids is 2. The molecular formula is C27H29BrN2O2S. The van der Waals surface area contributed by atoms with Crippen LogP contribution in [0.5, 0.6) is 0 Å². The van der Waals surface area contributed by atoms with Crippen molar-refractivity contribution >= 4 is 39.5 Å². The van der Waals surface area contributed by atoms with Crippen LogP contribution in [0.3, 0.4) is 0 Å². The van der Waals surface area contributed by atoms with Gasteiger partial charge in [-0.25, -0.2) is 0 Å². The third-order valence-electron chi connectivity index (χ3n) is 5.39. The second-order valence-electron chi connectivity index (χ2n) is 7.88. The fourth-order valence-electron chi connectivity index (χ4n) is 3.54. The maximum absolute atomic E-state index is 13.4. The van der Waals surface area contributed by atoms with Gasteiger partial charge in [0.05, 0.1) is 0 Å². The van der Waals surface area contributed by atoms with Gasteiger partial charge < -0.3 is 10.2 Å². The highest BCUT2D eigenvalue weighted by molar-refractivity contribution is 9.10. The van der Waals surface area contributed by atoms with Gasteiger partial charge >= 0.3 is 0 Å². The van der Waals surface area contributed by atoms with E-state index < -0.39 is 6.04 Å². The average Bonchev–Trinajstić information content (AvgIpc) is 2.83. The Morgan fingerprint density at radius 3 is 2.24 bits per heavy atom. The molecular weight excluding hydrogens is 496 g/mol. The first kappa shape index (κ1) is 25.1. The summed E-state index contributed by atoms with van der Waals surface area (Å²) in [6, 6.07) is 25.4. The van der Waals surface area contributed by atoms with Crippen molar-refractivity contribution in [1.29, 1.82) is 0 Å². The Labute approximate surface area is 208 Å². The van der Waals surface area contributed by atoms with Crippen molar-refractivity contribution < 1.29 is 9.59 Å². The first-order valence-electron chi connectivity index (χ1n) is 10.9. The highest BCUT2D eigenvalue weighted by atomic mass is 79.9. The first-order chi connectivity index (χ1) is 16.0. The zero-order chi connectivity index (χ0) is 23.6. The Morgan fingerprint density at radius 2 is 1.61 bits per heavy atom. The van der Waals surface area contributed by atoms with E-state index in [1.807, 2.05) is 54.6 Å². The van der Waals surface area contributed by atoms with Crippen molar-refractivity contribution in [2.45, 2.75) is 37.2 Å². The van der Waals surface area contributed by atoms with Crippen LogP contribution in [0, 0.1) is 6.92 Å². The lowest BCUT2D eigenvalue weighted by molar-refractivity contribution is -0.140. The summed E-state index contributed by atoms with van der Waals surface area (Å²) in [5.41, 5.74) is 3.22. The number of hydrogen-bond acceptors (Lipinski definition) is 3. The Balaban J connectivity index is 1.79. The minimum atomic E-state index is -0.585. The Morgan fingerprint density at radius 1 is 0.939 bits per heavy atom. The van der Waals surface area contributed by atoms with Crippen molar-refractivity contribution in [1.82, 2.24) is 10.2 Å². The summed E-state index contributed by atoms with van der Waals surface area (Å²) in [6.07, 6.45) is 0.825. The number of amides is 2. The first-order valence-corrected chi connectivity index (χ1v) is 12.7. The normalized spacial score (nSPS) is 11.6. The molecule has 0 aliphatic carbocycles. The molecule has 33 heavy (non-hydrogen) atoms. The van der Waals surface area contributed by atoms with Crippen molar-refractivity contribution in [2.24, 2.45) is 0 Å². The van der Waals surface area contributed by atoms with Gasteiger partial charge in [0.2, 0.25) is 11.8 Å². The number of hydrogen-bond donors (Lipinski definition) is 1. The minimum absolute atomic E-state index is 0.0259. The van der Waals surface area contributed by atoms with Crippen LogP contribution in [-0.4, -0.2) is 35.6 Å². The number of nitrogens with zero attached hydrogens (tertiary/aromatic N) is 1. The van der Waals surface area contributed by atoms with Gasteiger partial charge in [0.1, 0.15) is 6.04 Å². The number of thioether (sulfide) groups is 1. The topological polar surface area (TPSA) is 49.4 Å². The lowest BCUT2D eigenvalue weighted by atomic mass is 10.0. The summed E-state index contributed by atoms with van der Waals surface area (Å²) < 4.78 is 0.978. The number of rotatable bonds is 10. The molecule has 0 aromatic heterocycles. The molecule has 6 heteroatoms. The van der Waals surface area contributed by atoms with Crippen molar-refractivity contribution in [2.75, 3.05) is 12.8 Å². The summed E-state index contributed by atoms with van der Waals surface area (Å²) in [4.78, 5) is 29.2. The van der Waals surface area contributed by atoms with Crippen LogP contribution < -0.4 is 5.32 Å². The number of likely N-dealkylation sites (N-methyl/N-ethyl adjacent to an activating group) is 1. The van der Waals surface area contributed by atoms with Crippen LogP contribution in [0.2, 0.25) is 0 Å². The molecule has 3 rings (SSSR count). The van der Waals surface area contributed by atoms with Gasteiger partial charge in [-0.2, -0.15) is 0 Å². The predicted molar refractivity (Wildman–Crippen MR) is 139 cm³/mol. The molecule has 0 aliphatic heterocycles. The van der Waals surface area contributed by atoms with Gasteiger partial charge in [0.25, 0.3) is 0 Å². The van der Waals surface area contributed by atoms with E-state index in [0.717, 1.165) is 20.5 Å². The van der Waals surface area contributed by atoms with E-state index >= 15 is 0 Å². The smallest absolute Gasteiger partial charge is 0.242 e. The van der Waals surface area contributed by atoms with Gasteiger partial charge in [-0.05, 0) is 42.3 Å². The summed E-state index contributed by atoms with van der Waals surface area (Å²) in [7, 11) is 1.62. The van der Waals surface area contributed by atoms with Crippen molar-refractivity contribution in [3.05, 3.63) is 100 Å². The molecule has 0 fully saturated rings. The average molecular weight is 526 g/mol. The minimum Gasteiger partial charge on any atom is -0.357 e. The van der Waals surface area contributed by atoms with E-state index in [2.05, 4.69) is 52.4 Å². The molecule has 172 valence electrons. The van der Waals surface area contributed by atoms with Crippen LogP contribution in [0.15, 0.2) is 88.2 Å². The molecule has 3 aromatic rings. The van der Waals surface area contributed by atoms with Gasteiger partial charge in [0, 0.05) is 41.6 Å². The lowest BCUT2D eigenvalue weighted by Crippen LogP contribution is -2.49. The maximum Gasteiger partial charge on any atom is 0.242 e. The van der Waals surface area contributed by atoms with Crippen LogP contribution in [0.4, 0.5) is 0 Å². The summed E-state index contributed by atoms with van der Waals surface area (Å²) >= 11 is 5.12. The molecule has 0 unspecified atom stereocenters. The standard InChI is InChI=1S/C27H29BrN2O2S/c1-20-8-14-24(15-9-20)33-17-16-26(31)30(19-22-10-12-23(28)13-11-22)25(27(32)29-2)18-21-6-4-3-5-7-21/h3-15,25H,16-19H2,1-2H3,(H,29,32)/t25-/m0/s1. The largest absolute Gasteiger partial charge is 0.357 e. The molecule has 3 aromatic carbocycles. The van der Waals surface area contributed by atoms with E-state index in [0.29, 0.717) is 25.1 Å². The van der Waals surface area contributed by atoms with Gasteiger partial charge in [0.15, 0.2) is 0 Å². The van der Waals surface area contributed by atoms with E-state index in [-0.39, 0.29) is 11.8 Å². The lowest BCUT2D eigenvalue weighted by Gasteiger charge is -2.31. The third-order valence-corrected chi connectivity index (χ3v) is 6.93. The monoisotopic (exact) mass is 524 g/mol. The zero-order valence-corrected chi connectivity index (χ0v) is 21.4. The fraction of sp³-hybridized carbons (Fsp3) is 0.259. The maximum atomic E-state index is 13.4. The van der Waals surface area contributed by atoms with Gasteiger partial charge in [-0.1, -0.05) is 76.1 Å². The second-order valence-corrected chi connectivity index (χ2v) is 9.96. The van der Waals surface area contributed by atoms with Crippen LogP contribution in [0.25, 0.3) is 0 Å². The molecule has 4 nitrogen and oxygen atoms in total. The number of halogens is 1. The quantitative estimate of drug-likeness (QED) is 0.350. The molecule has 1 atom stereocenters. The summed E-state index contributed by atoms with van der Waals surface area (Å²) in [6.45, 7) is 2.44. The Bertz CT molecular complexity index is 1040. The summed E-state index contributed by atoms with van der Waals surface area (Å²) in [5, 5.41) is 2.76. The number of carbonyl (C=O) groups is 2. The molecule has 0 saturated heterocycles. The number of aryl methyl sites for hydroxylation is 1. The van der Waals surface area contributed by atoms with Crippen molar-refractivity contribution in [3.63, 3.8) is 0 Å². The van der Waals surface area contributed by atoms with Crippen LogP contribution in [-0.2, 0) is 22.6 Å². The fourth-order valence-corrected chi connectivity index (χ4v) is 4.65. The van der Waals surface area contributed by atoms with Crippen LogP contribution >= 0.6 is 27.7 Å². The van der Waals surface area contributed by atoms with E-state index in [9.17, 15) is 9.59 Å². The van der Waals surface area contributed by atoms with Gasteiger partial charge in [-0.3, -0.25) is 9.59 Å². The molecule has 0 spiro atoms. The molecule has 0 bridgehead atoms. The number of benzene rings is 3. The van der Waals surface area contributed by atoms with Gasteiger partial charge in [-0.15, -0.1) is 11.8 Å². The molecule has 0 heterocycles.